The Kier molecular flexibility index (Phi) is 4.43. The van der Waals surface area contributed by atoms with Crippen LogP contribution in [0, 0.1) is 0 Å². The molecule has 1 aliphatic carbocycles. The Morgan fingerprint density at radius 2 is 1.47 bits per heavy atom. The van der Waals surface area contributed by atoms with E-state index in [1.165, 1.54) is 11.1 Å². The van der Waals surface area contributed by atoms with E-state index >= 15 is 0 Å². The van der Waals surface area contributed by atoms with Crippen molar-refractivity contribution < 1.29 is 0 Å². The van der Waals surface area contributed by atoms with Gasteiger partial charge in [-0.3, -0.25) is 0 Å². The molecule has 82 valence electrons. The van der Waals surface area contributed by atoms with Crippen LogP contribution in [-0.4, -0.2) is 9.65 Å². The molecular weight excluding hydrogens is 520 g/mol. The highest BCUT2D eigenvalue weighted by Gasteiger charge is 2.38. The Bertz CT molecular complexity index is 378. The number of benzene rings is 1. The first-order chi connectivity index (χ1) is 7.04. The molecule has 1 aromatic rings. The summed E-state index contributed by atoms with van der Waals surface area (Å²) in [4.78, 5) is 1.40. The van der Waals surface area contributed by atoms with Crippen LogP contribution in [0.2, 0.25) is 0 Å². The summed E-state index contributed by atoms with van der Waals surface area (Å²) in [6.45, 7) is 0. The summed E-state index contributed by atoms with van der Waals surface area (Å²) < 4.78 is 1.16. The van der Waals surface area contributed by atoms with Gasteiger partial charge in [-0.05, 0) is 17.2 Å². The molecule has 0 spiro atoms. The summed E-state index contributed by atoms with van der Waals surface area (Å²) in [6, 6.07) is 6.33. The SMILES string of the molecule is Brc1cccc2c1[C@H](Br)[C@@H](Br)[C@@H](Br)[C@@H]2Br. The number of fused-ring (bicyclic) bond motifs is 1. The van der Waals surface area contributed by atoms with Crippen LogP contribution in [-0.2, 0) is 0 Å². The molecule has 0 bridgehead atoms. The third-order valence-corrected chi connectivity index (χ3v) is 9.63. The number of hydrogen-bond donors (Lipinski definition) is 0. The van der Waals surface area contributed by atoms with E-state index in [1.54, 1.807) is 0 Å². The highest BCUT2D eigenvalue weighted by atomic mass is 79.9. The average molecular weight is 527 g/mol. The first kappa shape index (κ1) is 13.1. The second kappa shape index (κ2) is 5.09. The summed E-state index contributed by atoms with van der Waals surface area (Å²) in [6.07, 6.45) is 0. The molecular formula is C10H7Br5. The Labute approximate surface area is 131 Å². The molecule has 0 saturated heterocycles. The lowest BCUT2D eigenvalue weighted by Crippen LogP contribution is -2.29. The molecule has 0 amide bonds. The minimum Gasteiger partial charge on any atom is -0.0862 e. The Balaban J connectivity index is 2.59. The highest BCUT2D eigenvalue weighted by Crippen LogP contribution is 2.52. The van der Waals surface area contributed by atoms with E-state index in [-0.39, 0.29) is 0 Å². The molecule has 0 N–H and O–H groups in total. The van der Waals surface area contributed by atoms with Crippen LogP contribution in [0.25, 0.3) is 0 Å². The van der Waals surface area contributed by atoms with Crippen LogP contribution in [0.5, 0.6) is 0 Å². The largest absolute Gasteiger partial charge is 0.0862 e. The predicted octanol–water partition coefficient (Wildman–Crippen LogP) is 5.86. The molecule has 0 unspecified atom stereocenters. The van der Waals surface area contributed by atoms with Crippen molar-refractivity contribution >= 4 is 79.6 Å². The molecule has 5 heteroatoms. The standard InChI is InChI=1S/C10H7Br5/c11-5-3-1-2-4-6(5)8(13)10(15)9(14)7(4)12/h1-3,7-10H/t7-,8+,9+,10-/m1/s1. The van der Waals surface area contributed by atoms with E-state index in [0.29, 0.717) is 19.3 Å². The maximum Gasteiger partial charge on any atom is 0.0546 e. The van der Waals surface area contributed by atoms with Crippen molar-refractivity contribution in [3.63, 3.8) is 0 Å². The summed E-state index contributed by atoms with van der Waals surface area (Å²) in [5.41, 5.74) is 2.67. The molecule has 15 heavy (non-hydrogen) atoms. The Morgan fingerprint density at radius 3 is 2.13 bits per heavy atom. The van der Waals surface area contributed by atoms with Crippen molar-refractivity contribution in [2.24, 2.45) is 0 Å². The average Bonchev–Trinajstić information content (AvgIpc) is 2.23. The molecule has 2 rings (SSSR count). The van der Waals surface area contributed by atoms with Crippen LogP contribution < -0.4 is 0 Å². The molecule has 4 atom stereocenters. The van der Waals surface area contributed by atoms with E-state index in [9.17, 15) is 0 Å². The molecule has 0 fully saturated rings. The molecule has 0 aliphatic heterocycles. The summed E-state index contributed by atoms with van der Waals surface area (Å²) in [7, 11) is 0. The smallest absolute Gasteiger partial charge is 0.0546 e. The molecule has 0 radical (unpaired) electrons. The van der Waals surface area contributed by atoms with Crippen molar-refractivity contribution in [3.05, 3.63) is 33.8 Å². The van der Waals surface area contributed by atoms with E-state index in [1.807, 2.05) is 0 Å². The first-order valence-electron chi connectivity index (χ1n) is 4.38. The van der Waals surface area contributed by atoms with Gasteiger partial charge >= 0.3 is 0 Å². The first-order valence-corrected chi connectivity index (χ1v) is 8.84. The topological polar surface area (TPSA) is 0 Å². The van der Waals surface area contributed by atoms with Gasteiger partial charge in [0.1, 0.15) is 0 Å². The summed E-state index contributed by atoms with van der Waals surface area (Å²) in [5.74, 6) is 0. The minimum atomic E-state index is 0.321. The quantitative estimate of drug-likeness (QED) is 0.372. The van der Waals surface area contributed by atoms with Gasteiger partial charge in [-0.25, -0.2) is 0 Å². The van der Waals surface area contributed by atoms with Crippen molar-refractivity contribution in [1.29, 1.82) is 0 Å². The van der Waals surface area contributed by atoms with Gasteiger partial charge in [0.15, 0.2) is 0 Å². The predicted molar refractivity (Wildman–Crippen MR) is 82.9 cm³/mol. The number of hydrogen-bond acceptors (Lipinski definition) is 0. The second-order valence-electron chi connectivity index (χ2n) is 3.44. The van der Waals surface area contributed by atoms with E-state index in [2.05, 4.69) is 97.8 Å². The van der Waals surface area contributed by atoms with E-state index < -0.39 is 0 Å². The van der Waals surface area contributed by atoms with Gasteiger partial charge in [0.25, 0.3) is 0 Å². The van der Waals surface area contributed by atoms with Crippen LogP contribution in [0.15, 0.2) is 22.7 Å². The maximum atomic E-state index is 3.74. The van der Waals surface area contributed by atoms with Crippen LogP contribution in [0.3, 0.4) is 0 Å². The zero-order valence-corrected chi connectivity index (χ0v) is 15.4. The zero-order chi connectivity index (χ0) is 11.2. The van der Waals surface area contributed by atoms with Gasteiger partial charge in [-0.15, -0.1) is 0 Å². The lowest BCUT2D eigenvalue weighted by Gasteiger charge is -2.35. The van der Waals surface area contributed by atoms with Gasteiger partial charge in [-0.1, -0.05) is 91.8 Å². The molecule has 1 aromatic carbocycles. The second-order valence-corrected chi connectivity index (χ2v) is 8.38. The van der Waals surface area contributed by atoms with Gasteiger partial charge in [0.2, 0.25) is 0 Å². The molecule has 0 aromatic heterocycles. The molecule has 1 aliphatic rings. The fourth-order valence-electron chi connectivity index (χ4n) is 1.74. The molecule has 0 nitrogen and oxygen atoms in total. The van der Waals surface area contributed by atoms with Crippen LogP contribution in [0.4, 0.5) is 0 Å². The van der Waals surface area contributed by atoms with Crippen molar-refractivity contribution in [2.75, 3.05) is 0 Å². The van der Waals surface area contributed by atoms with Crippen LogP contribution >= 0.6 is 79.6 Å². The molecule has 0 heterocycles. The van der Waals surface area contributed by atoms with E-state index in [0.717, 1.165) is 4.47 Å². The van der Waals surface area contributed by atoms with Gasteiger partial charge in [0.05, 0.1) is 9.65 Å². The Hall–Kier alpha value is 1.62. The Morgan fingerprint density at radius 1 is 0.867 bits per heavy atom. The normalized spacial score (nSPS) is 35.0. The third-order valence-electron chi connectivity index (χ3n) is 2.52. The van der Waals surface area contributed by atoms with Crippen molar-refractivity contribution in [1.82, 2.24) is 0 Å². The molecule has 0 saturated carbocycles. The highest BCUT2D eigenvalue weighted by molar-refractivity contribution is 9.14. The number of halogens is 5. The zero-order valence-electron chi connectivity index (χ0n) is 7.43. The summed E-state index contributed by atoms with van der Waals surface area (Å²) >= 11 is 18.5. The minimum absolute atomic E-state index is 0.321. The monoisotopic (exact) mass is 522 g/mol. The van der Waals surface area contributed by atoms with Crippen molar-refractivity contribution in [3.8, 4) is 0 Å². The fraction of sp³-hybridized carbons (Fsp3) is 0.400. The lowest BCUT2D eigenvalue weighted by molar-refractivity contribution is 0.725. The van der Waals surface area contributed by atoms with Gasteiger partial charge in [-0.2, -0.15) is 0 Å². The van der Waals surface area contributed by atoms with Crippen LogP contribution in [0.1, 0.15) is 20.8 Å². The maximum absolute atomic E-state index is 3.74. The number of rotatable bonds is 0. The van der Waals surface area contributed by atoms with E-state index in [4.69, 9.17) is 0 Å². The summed E-state index contributed by atoms with van der Waals surface area (Å²) in [5, 5.41) is 0. The van der Waals surface area contributed by atoms with Crippen molar-refractivity contribution in [2.45, 2.75) is 19.3 Å². The fourth-order valence-corrected chi connectivity index (χ4v) is 6.22. The number of alkyl halides is 4. The van der Waals surface area contributed by atoms with Gasteiger partial charge in [0, 0.05) is 14.1 Å². The van der Waals surface area contributed by atoms with Gasteiger partial charge < -0.3 is 0 Å². The third kappa shape index (κ3) is 2.28. The lowest BCUT2D eigenvalue weighted by atomic mass is 9.91.